The van der Waals surface area contributed by atoms with Crippen LogP contribution < -0.4 is 15.5 Å². The van der Waals surface area contributed by atoms with Crippen LogP contribution >= 0.6 is 0 Å². The molecule has 1 atom stereocenters. The van der Waals surface area contributed by atoms with Gasteiger partial charge in [0.2, 0.25) is 0 Å². The second-order valence-corrected chi connectivity index (χ2v) is 5.43. The molecule has 0 saturated carbocycles. The smallest absolute Gasteiger partial charge is 0.141 e. The molecule has 1 aliphatic rings. The van der Waals surface area contributed by atoms with Gasteiger partial charge in [0.1, 0.15) is 23.8 Å². The molecule has 2 aromatic heterocycles. The van der Waals surface area contributed by atoms with Crippen LogP contribution in [-0.2, 0) is 0 Å². The van der Waals surface area contributed by atoms with Crippen LogP contribution in [0.25, 0.3) is 0 Å². The topological polar surface area (TPSA) is 66.0 Å². The van der Waals surface area contributed by atoms with Crippen molar-refractivity contribution >= 4 is 17.5 Å². The lowest BCUT2D eigenvalue weighted by molar-refractivity contribution is 0.689. The molecule has 6 nitrogen and oxygen atoms in total. The summed E-state index contributed by atoms with van der Waals surface area (Å²) in [7, 11) is 1.86. The summed E-state index contributed by atoms with van der Waals surface area (Å²) >= 11 is 0. The maximum Gasteiger partial charge on any atom is 0.141 e. The maximum absolute atomic E-state index is 5.52. The van der Waals surface area contributed by atoms with Crippen molar-refractivity contribution in [3.05, 3.63) is 36.3 Å². The fraction of sp³-hybridized carbons (Fsp3) is 0.353. The molecule has 2 N–H and O–H groups in total. The molecule has 0 amide bonds. The summed E-state index contributed by atoms with van der Waals surface area (Å²) in [6, 6.07) is 6.09. The van der Waals surface area contributed by atoms with Crippen LogP contribution in [0.1, 0.15) is 18.4 Å². The lowest BCUT2D eigenvalue weighted by atomic mass is 10.2. The first-order chi connectivity index (χ1) is 11.3. The lowest BCUT2D eigenvalue weighted by Gasteiger charge is -2.26. The van der Waals surface area contributed by atoms with Crippen LogP contribution in [0, 0.1) is 12.3 Å². The Morgan fingerprint density at radius 3 is 3.13 bits per heavy atom. The quantitative estimate of drug-likeness (QED) is 0.823. The molecule has 0 radical (unpaired) electrons. The Morgan fingerprint density at radius 2 is 2.30 bits per heavy atom. The van der Waals surface area contributed by atoms with Gasteiger partial charge < -0.3 is 15.5 Å². The molecular formula is C17H20N6. The van der Waals surface area contributed by atoms with E-state index in [1.54, 1.807) is 12.5 Å². The van der Waals surface area contributed by atoms with Crippen molar-refractivity contribution < 1.29 is 0 Å². The highest BCUT2D eigenvalue weighted by Crippen LogP contribution is 2.25. The first-order valence-electron chi connectivity index (χ1n) is 7.73. The van der Waals surface area contributed by atoms with Gasteiger partial charge in [0.25, 0.3) is 0 Å². The number of anilines is 3. The average molecular weight is 308 g/mol. The normalized spacial score (nSPS) is 16.9. The molecule has 1 saturated heterocycles. The highest BCUT2D eigenvalue weighted by molar-refractivity contribution is 5.54. The summed E-state index contributed by atoms with van der Waals surface area (Å²) in [6.45, 7) is 1.78. The van der Waals surface area contributed by atoms with Gasteiger partial charge in [0.05, 0.1) is 5.56 Å². The molecular weight excluding hydrogens is 288 g/mol. The third kappa shape index (κ3) is 3.34. The van der Waals surface area contributed by atoms with Crippen LogP contribution in [-0.4, -0.2) is 41.1 Å². The Kier molecular flexibility index (Phi) is 4.57. The zero-order valence-electron chi connectivity index (χ0n) is 13.2. The number of hydrogen-bond donors (Lipinski definition) is 2. The van der Waals surface area contributed by atoms with E-state index >= 15 is 0 Å². The minimum absolute atomic E-state index is 0.363. The van der Waals surface area contributed by atoms with E-state index in [0.29, 0.717) is 6.04 Å². The summed E-state index contributed by atoms with van der Waals surface area (Å²) < 4.78 is 0. The number of aromatic nitrogens is 3. The second-order valence-electron chi connectivity index (χ2n) is 5.43. The third-order valence-corrected chi connectivity index (χ3v) is 4.05. The van der Waals surface area contributed by atoms with E-state index in [4.69, 9.17) is 6.42 Å². The van der Waals surface area contributed by atoms with Gasteiger partial charge in [-0.1, -0.05) is 5.92 Å². The van der Waals surface area contributed by atoms with Gasteiger partial charge >= 0.3 is 0 Å². The largest absolute Gasteiger partial charge is 0.373 e. The Labute approximate surface area is 136 Å². The van der Waals surface area contributed by atoms with Crippen molar-refractivity contribution in [3.63, 3.8) is 0 Å². The molecule has 1 aliphatic heterocycles. The van der Waals surface area contributed by atoms with Crippen LogP contribution in [0.3, 0.4) is 0 Å². The minimum Gasteiger partial charge on any atom is -0.373 e. The van der Waals surface area contributed by atoms with Gasteiger partial charge in [0.15, 0.2) is 0 Å². The van der Waals surface area contributed by atoms with Crippen LogP contribution in [0.15, 0.2) is 30.7 Å². The molecule has 118 valence electrons. The summed E-state index contributed by atoms with van der Waals surface area (Å²) in [5.74, 6) is 5.20. The number of terminal acetylenes is 1. The van der Waals surface area contributed by atoms with Gasteiger partial charge in [-0.2, -0.15) is 0 Å². The zero-order chi connectivity index (χ0) is 16.1. The number of rotatable bonds is 5. The van der Waals surface area contributed by atoms with Gasteiger partial charge in [-0.25, -0.2) is 15.0 Å². The van der Waals surface area contributed by atoms with Crippen molar-refractivity contribution in [2.24, 2.45) is 0 Å². The van der Waals surface area contributed by atoms with E-state index in [0.717, 1.165) is 48.9 Å². The summed E-state index contributed by atoms with van der Waals surface area (Å²) in [5.41, 5.74) is 0.788. The molecule has 1 fully saturated rings. The molecule has 0 aromatic carbocycles. The number of hydrogen-bond acceptors (Lipinski definition) is 6. The van der Waals surface area contributed by atoms with E-state index < -0.39 is 0 Å². The summed E-state index contributed by atoms with van der Waals surface area (Å²) in [6.07, 6.45) is 11.1. The van der Waals surface area contributed by atoms with Gasteiger partial charge in [-0.15, -0.1) is 6.42 Å². The second kappa shape index (κ2) is 6.97. The predicted octanol–water partition coefficient (Wildman–Crippen LogP) is 1.98. The Morgan fingerprint density at radius 1 is 1.39 bits per heavy atom. The zero-order valence-corrected chi connectivity index (χ0v) is 13.2. The SMILES string of the molecule is C#Cc1cccnc1NCC1CCCN1c1cc(NC)ncn1. The van der Waals surface area contributed by atoms with Crippen LogP contribution in [0.4, 0.5) is 17.5 Å². The molecule has 6 heteroatoms. The van der Waals surface area contributed by atoms with Crippen molar-refractivity contribution in [2.75, 3.05) is 35.7 Å². The Hall–Kier alpha value is -2.81. The van der Waals surface area contributed by atoms with Crippen molar-refractivity contribution in [1.82, 2.24) is 15.0 Å². The van der Waals surface area contributed by atoms with Gasteiger partial charge in [-0.3, -0.25) is 0 Å². The van der Waals surface area contributed by atoms with Gasteiger partial charge in [0, 0.05) is 38.4 Å². The molecule has 0 aliphatic carbocycles. The van der Waals surface area contributed by atoms with E-state index in [9.17, 15) is 0 Å². The molecule has 0 bridgehead atoms. The molecule has 2 aromatic rings. The van der Waals surface area contributed by atoms with Gasteiger partial charge in [-0.05, 0) is 25.0 Å². The highest BCUT2D eigenvalue weighted by atomic mass is 15.3. The standard InChI is InChI=1S/C17H20N6/c1-3-13-6-4-8-19-17(13)20-11-14-7-5-9-23(14)16-10-15(18-2)21-12-22-16/h1,4,6,8,10,12,14H,5,7,9,11H2,2H3,(H,19,20)(H,18,21,22). The Balaban J connectivity index is 1.71. The Bertz CT molecular complexity index is 708. The summed E-state index contributed by atoms with van der Waals surface area (Å²) in [5, 5.41) is 6.43. The number of nitrogens with zero attached hydrogens (tertiary/aromatic N) is 4. The highest BCUT2D eigenvalue weighted by Gasteiger charge is 2.26. The van der Waals surface area contributed by atoms with Crippen molar-refractivity contribution in [2.45, 2.75) is 18.9 Å². The molecule has 3 rings (SSSR count). The van der Waals surface area contributed by atoms with Crippen LogP contribution in [0.2, 0.25) is 0 Å². The average Bonchev–Trinajstić information content (AvgIpc) is 3.08. The summed E-state index contributed by atoms with van der Waals surface area (Å²) in [4.78, 5) is 15.2. The lowest BCUT2D eigenvalue weighted by Crippen LogP contribution is -2.35. The van der Waals surface area contributed by atoms with Crippen molar-refractivity contribution in [1.29, 1.82) is 0 Å². The van der Waals surface area contributed by atoms with E-state index in [-0.39, 0.29) is 0 Å². The molecule has 0 spiro atoms. The number of pyridine rings is 1. The first-order valence-corrected chi connectivity index (χ1v) is 7.73. The monoisotopic (exact) mass is 308 g/mol. The molecule has 23 heavy (non-hydrogen) atoms. The molecule has 3 heterocycles. The minimum atomic E-state index is 0.363. The van der Waals surface area contributed by atoms with E-state index in [1.807, 2.05) is 25.2 Å². The fourth-order valence-electron chi connectivity index (χ4n) is 2.87. The maximum atomic E-state index is 5.52. The van der Waals surface area contributed by atoms with Crippen molar-refractivity contribution in [3.8, 4) is 12.3 Å². The van der Waals surface area contributed by atoms with E-state index in [2.05, 4.69) is 36.4 Å². The fourth-order valence-corrected chi connectivity index (χ4v) is 2.87. The third-order valence-electron chi connectivity index (χ3n) is 4.05. The number of nitrogens with one attached hydrogen (secondary N) is 2. The predicted molar refractivity (Wildman–Crippen MR) is 92.6 cm³/mol. The first kappa shape index (κ1) is 15.1. The van der Waals surface area contributed by atoms with E-state index in [1.165, 1.54) is 0 Å². The molecule has 1 unspecified atom stereocenters. The van der Waals surface area contributed by atoms with Crippen LogP contribution in [0.5, 0.6) is 0 Å².